The van der Waals surface area contributed by atoms with Crippen molar-refractivity contribution in [1.29, 1.82) is 0 Å². The Bertz CT molecular complexity index is 347. The molecule has 1 atom stereocenters. The van der Waals surface area contributed by atoms with Crippen LogP contribution in [-0.4, -0.2) is 29.7 Å². The second kappa shape index (κ2) is 6.81. The molecule has 2 heterocycles. The van der Waals surface area contributed by atoms with E-state index in [4.69, 9.17) is 4.74 Å². The third-order valence-corrected chi connectivity index (χ3v) is 3.47. The Morgan fingerprint density at radius 3 is 2.61 bits per heavy atom. The molecule has 100 valence electrons. The Hall–Kier alpha value is -1.00. The van der Waals surface area contributed by atoms with Crippen LogP contribution in [0.2, 0.25) is 0 Å². The largest absolute Gasteiger partial charge is 0.381 e. The summed E-state index contributed by atoms with van der Waals surface area (Å²) in [5.74, 6) is 1.65. The summed E-state index contributed by atoms with van der Waals surface area (Å²) in [6.07, 6.45) is 7.23. The molecule has 2 rings (SSSR count). The van der Waals surface area contributed by atoms with E-state index in [-0.39, 0.29) is 6.04 Å². The van der Waals surface area contributed by atoms with E-state index in [9.17, 15) is 0 Å². The first-order valence-electron chi connectivity index (χ1n) is 6.89. The number of aryl methyl sites for hydroxylation is 1. The summed E-state index contributed by atoms with van der Waals surface area (Å²) in [6.45, 7) is 6.90. The third kappa shape index (κ3) is 3.75. The maximum atomic E-state index is 5.41. The molecule has 1 saturated heterocycles. The molecule has 18 heavy (non-hydrogen) atoms. The number of nitrogens with one attached hydrogen (secondary N) is 1. The quantitative estimate of drug-likeness (QED) is 0.869. The predicted octanol–water partition coefficient (Wildman–Crippen LogP) is 2.25. The first-order valence-corrected chi connectivity index (χ1v) is 6.89. The highest BCUT2D eigenvalue weighted by Crippen LogP contribution is 2.25. The summed E-state index contributed by atoms with van der Waals surface area (Å²) in [5.41, 5.74) is 1.11. The molecule has 1 aromatic heterocycles. The number of nitrogens with zero attached hydrogens (tertiary/aromatic N) is 2. The number of hydrogen-bond donors (Lipinski definition) is 1. The molecule has 4 heteroatoms. The van der Waals surface area contributed by atoms with Gasteiger partial charge in [0.1, 0.15) is 5.82 Å². The van der Waals surface area contributed by atoms with Gasteiger partial charge < -0.3 is 10.1 Å². The fourth-order valence-electron chi connectivity index (χ4n) is 2.42. The Morgan fingerprint density at radius 1 is 1.33 bits per heavy atom. The normalized spacial score (nSPS) is 18.8. The summed E-state index contributed by atoms with van der Waals surface area (Å²) < 4.78 is 5.41. The van der Waals surface area contributed by atoms with Crippen molar-refractivity contribution in [3.63, 3.8) is 0 Å². The molecule has 0 aromatic carbocycles. The Kier molecular flexibility index (Phi) is 5.08. The number of aromatic nitrogens is 2. The van der Waals surface area contributed by atoms with Crippen molar-refractivity contribution in [3.05, 3.63) is 23.8 Å². The zero-order valence-electron chi connectivity index (χ0n) is 11.4. The number of ether oxygens (including phenoxy) is 1. The molecule has 0 radical (unpaired) electrons. The zero-order valence-corrected chi connectivity index (χ0v) is 11.4. The van der Waals surface area contributed by atoms with Gasteiger partial charge in [-0.25, -0.2) is 9.97 Å². The van der Waals surface area contributed by atoms with E-state index in [2.05, 4.69) is 22.2 Å². The van der Waals surface area contributed by atoms with Gasteiger partial charge in [0.25, 0.3) is 0 Å². The van der Waals surface area contributed by atoms with Gasteiger partial charge in [-0.05, 0) is 44.2 Å². The maximum Gasteiger partial charge on any atom is 0.145 e. The molecule has 1 fully saturated rings. The van der Waals surface area contributed by atoms with Crippen LogP contribution in [0, 0.1) is 12.8 Å². The van der Waals surface area contributed by atoms with Crippen molar-refractivity contribution in [3.8, 4) is 0 Å². The molecule has 0 spiro atoms. The van der Waals surface area contributed by atoms with Crippen molar-refractivity contribution in [1.82, 2.24) is 15.3 Å². The molecule has 1 aliphatic heterocycles. The lowest BCUT2D eigenvalue weighted by Crippen LogP contribution is -2.27. The van der Waals surface area contributed by atoms with Crippen LogP contribution in [0.3, 0.4) is 0 Å². The van der Waals surface area contributed by atoms with E-state index in [0.717, 1.165) is 56.3 Å². The topological polar surface area (TPSA) is 47.0 Å². The van der Waals surface area contributed by atoms with Gasteiger partial charge in [-0.1, -0.05) is 6.92 Å². The minimum atomic E-state index is 0.277. The first-order chi connectivity index (χ1) is 8.79. The highest BCUT2D eigenvalue weighted by molar-refractivity contribution is 5.04. The van der Waals surface area contributed by atoms with Crippen molar-refractivity contribution >= 4 is 0 Å². The third-order valence-electron chi connectivity index (χ3n) is 3.47. The van der Waals surface area contributed by atoms with Gasteiger partial charge in [0.05, 0.1) is 6.04 Å². The highest BCUT2D eigenvalue weighted by Gasteiger charge is 2.21. The van der Waals surface area contributed by atoms with Crippen LogP contribution in [-0.2, 0) is 4.74 Å². The second-order valence-corrected chi connectivity index (χ2v) is 5.02. The fraction of sp³-hybridized carbons (Fsp3) is 0.714. The molecule has 1 aliphatic rings. The number of hydrogen-bond acceptors (Lipinski definition) is 4. The smallest absolute Gasteiger partial charge is 0.145 e. The van der Waals surface area contributed by atoms with Crippen LogP contribution < -0.4 is 5.32 Å². The average Bonchev–Trinajstić information content (AvgIpc) is 2.40. The van der Waals surface area contributed by atoms with Gasteiger partial charge in [0.2, 0.25) is 0 Å². The van der Waals surface area contributed by atoms with E-state index in [1.165, 1.54) is 0 Å². The maximum absolute atomic E-state index is 5.41. The monoisotopic (exact) mass is 249 g/mol. The van der Waals surface area contributed by atoms with E-state index in [0.29, 0.717) is 0 Å². The SMILES string of the molecule is CCNC(CC1CCOCC1)c1ncc(C)cn1. The van der Waals surface area contributed by atoms with Crippen LogP contribution in [0.25, 0.3) is 0 Å². The minimum absolute atomic E-state index is 0.277. The highest BCUT2D eigenvalue weighted by atomic mass is 16.5. The summed E-state index contributed by atoms with van der Waals surface area (Å²) in [4.78, 5) is 8.92. The standard InChI is InChI=1S/C14H23N3O/c1-3-15-13(8-12-4-6-18-7-5-12)14-16-9-11(2)10-17-14/h9-10,12-13,15H,3-8H2,1-2H3. The summed E-state index contributed by atoms with van der Waals surface area (Å²) >= 11 is 0. The van der Waals surface area contributed by atoms with Crippen molar-refractivity contribution in [2.75, 3.05) is 19.8 Å². The molecule has 0 saturated carbocycles. The molecule has 1 unspecified atom stereocenters. The summed E-state index contributed by atoms with van der Waals surface area (Å²) in [7, 11) is 0. The zero-order chi connectivity index (χ0) is 12.8. The van der Waals surface area contributed by atoms with Gasteiger partial charge in [-0.3, -0.25) is 0 Å². The predicted molar refractivity (Wildman–Crippen MR) is 71.3 cm³/mol. The van der Waals surface area contributed by atoms with E-state index < -0.39 is 0 Å². The van der Waals surface area contributed by atoms with Crippen molar-refractivity contribution < 1.29 is 4.74 Å². The van der Waals surface area contributed by atoms with Gasteiger partial charge in [0, 0.05) is 25.6 Å². The lowest BCUT2D eigenvalue weighted by molar-refractivity contribution is 0.0602. The van der Waals surface area contributed by atoms with Crippen LogP contribution in [0.1, 0.15) is 43.6 Å². The van der Waals surface area contributed by atoms with Gasteiger partial charge in [0.15, 0.2) is 0 Å². The molecule has 1 N–H and O–H groups in total. The Morgan fingerprint density at radius 2 is 2.00 bits per heavy atom. The second-order valence-electron chi connectivity index (χ2n) is 5.02. The lowest BCUT2D eigenvalue weighted by atomic mass is 9.92. The average molecular weight is 249 g/mol. The lowest BCUT2D eigenvalue weighted by Gasteiger charge is -2.26. The van der Waals surface area contributed by atoms with Crippen LogP contribution in [0.15, 0.2) is 12.4 Å². The minimum Gasteiger partial charge on any atom is -0.381 e. The molecule has 4 nitrogen and oxygen atoms in total. The fourth-order valence-corrected chi connectivity index (χ4v) is 2.42. The molecule has 0 amide bonds. The van der Waals surface area contributed by atoms with Crippen LogP contribution in [0.5, 0.6) is 0 Å². The molecule has 0 bridgehead atoms. The van der Waals surface area contributed by atoms with E-state index in [1.54, 1.807) is 0 Å². The van der Waals surface area contributed by atoms with Crippen LogP contribution in [0.4, 0.5) is 0 Å². The number of rotatable bonds is 5. The molecule has 0 aliphatic carbocycles. The van der Waals surface area contributed by atoms with Crippen molar-refractivity contribution in [2.45, 2.75) is 39.2 Å². The van der Waals surface area contributed by atoms with E-state index in [1.807, 2.05) is 19.3 Å². The van der Waals surface area contributed by atoms with Gasteiger partial charge in [-0.15, -0.1) is 0 Å². The molecular weight excluding hydrogens is 226 g/mol. The first kappa shape index (κ1) is 13.4. The molecular formula is C14H23N3O. The Labute approximate surface area is 109 Å². The summed E-state index contributed by atoms with van der Waals surface area (Å²) in [6, 6.07) is 0.277. The van der Waals surface area contributed by atoms with E-state index >= 15 is 0 Å². The van der Waals surface area contributed by atoms with Crippen molar-refractivity contribution in [2.24, 2.45) is 5.92 Å². The molecule has 1 aromatic rings. The van der Waals surface area contributed by atoms with Gasteiger partial charge >= 0.3 is 0 Å². The Balaban J connectivity index is 2.00. The summed E-state index contributed by atoms with van der Waals surface area (Å²) in [5, 5.41) is 3.50. The van der Waals surface area contributed by atoms with Gasteiger partial charge in [-0.2, -0.15) is 0 Å². The van der Waals surface area contributed by atoms with Crippen LogP contribution >= 0.6 is 0 Å².